The minimum absolute atomic E-state index is 0.0737. The highest BCUT2D eigenvalue weighted by Gasteiger charge is 2.29. The minimum Gasteiger partial charge on any atom is -0.488 e. The molecule has 1 unspecified atom stereocenters. The summed E-state index contributed by atoms with van der Waals surface area (Å²) in [5.41, 5.74) is 1.61. The van der Waals surface area contributed by atoms with Gasteiger partial charge in [-0.05, 0) is 36.3 Å². The van der Waals surface area contributed by atoms with Crippen molar-refractivity contribution in [2.75, 3.05) is 19.3 Å². The molecule has 1 aromatic rings. The van der Waals surface area contributed by atoms with Crippen LogP contribution >= 0.6 is 11.9 Å². The monoisotopic (exact) mass is 281 g/mol. The Kier molecular flexibility index (Phi) is 3.50. The van der Waals surface area contributed by atoms with E-state index in [1.165, 1.54) is 6.07 Å². The quantitative estimate of drug-likeness (QED) is 0.624. The minimum atomic E-state index is -0.238. The number of nitrogens with zero attached hydrogens (tertiary/aromatic N) is 1. The summed E-state index contributed by atoms with van der Waals surface area (Å²) >= 11 is 1.69. The van der Waals surface area contributed by atoms with E-state index in [2.05, 4.69) is 4.31 Å². The Morgan fingerprint density at radius 3 is 2.89 bits per heavy atom. The number of carbonyl (C=O) groups excluding carboxylic acids is 1. The van der Waals surface area contributed by atoms with E-state index < -0.39 is 0 Å². The summed E-state index contributed by atoms with van der Waals surface area (Å²) in [6.07, 6.45) is 4.25. The summed E-state index contributed by atoms with van der Waals surface area (Å²) in [6, 6.07) is 3.34. The average Bonchev–Trinajstić information content (AvgIpc) is 2.77. The number of rotatable bonds is 4. The highest BCUT2D eigenvalue weighted by molar-refractivity contribution is 7.96. The third kappa shape index (κ3) is 2.49. The fourth-order valence-corrected chi connectivity index (χ4v) is 3.31. The van der Waals surface area contributed by atoms with E-state index >= 15 is 0 Å². The predicted octanol–water partition coefficient (Wildman–Crippen LogP) is 2.08. The lowest BCUT2D eigenvalue weighted by molar-refractivity contribution is -0.110. The van der Waals surface area contributed by atoms with Crippen molar-refractivity contribution in [3.8, 4) is 5.75 Å². The lowest BCUT2D eigenvalue weighted by Gasteiger charge is -2.37. The van der Waals surface area contributed by atoms with Gasteiger partial charge in [0.2, 0.25) is 0 Å². The first-order chi connectivity index (χ1) is 9.19. The van der Waals surface area contributed by atoms with Gasteiger partial charge in [0.05, 0.1) is 0 Å². The average molecular weight is 281 g/mol. The maximum Gasteiger partial charge on any atom is 0.130 e. The van der Waals surface area contributed by atoms with Crippen LogP contribution in [0.15, 0.2) is 12.1 Å². The fraction of sp³-hybridized carbons (Fsp3) is 0.500. The topological polar surface area (TPSA) is 29.5 Å². The van der Waals surface area contributed by atoms with Crippen molar-refractivity contribution in [1.82, 2.24) is 4.31 Å². The number of halogens is 1. The SMILES string of the molecule is CSN1CC(Oc2cc(F)c3c(c2)CC(C=O)C3)C1. The van der Waals surface area contributed by atoms with Gasteiger partial charge >= 0.3 is 0 Å². The number of hydrogen-bond acceptors (Lipinski definition) is 4. The maximum atomic E-state index is 14.0. The van der Waals surface area contributed by atoms with Gasteiger partial charge in [-0.2, -0.15) is 0 Å². The normalized spacial score (nSPS) is 22.9. The fourth-order valence-electron chi connectivity index (χ4n) is 2.67. The van der Waals surface area contributed by atoms with E-state index in [4.69, 9.17) is 4.74 Å². The summed E-state index contributed by atoms with van der Waals surface area (Å²) in [4.78, 5) is 10.8. The van der Waals surface area contributed by atoms with Gasteiger partial charge in [-0.1, -0.05) is 11.9 Å². The molecule has 1 aliphatic heterocycles. The van der Waals surface area contributed by atoms with Gasteiger partial charge in [0, 0.05) is 25.1 Å². The van der Waals surface area contributed by atoms with E-state index in [0.29, 0.717) is 24.2 Å². The van der Waals surface area contributed by atoms with Crippen LogP contribution in [-0.2, 0) is 17.6 Å². The second-order valence-corrected chi connectivity index (χ2v) is 6.00. The van der Waals surface area contributed by atoms with Gasteiger partial charge in [0.1, 0.15) is 24.0 Å². The van der Waals surface area contributed by atoms with Gasteiger partial charge < -0.3 is 9.53 Å². The molecule has 102 valence electrons. The summed E-state index contributed by atoms with van der Waals surface area (Å²) in [6.45, 7) is 1.74. The van der Waals surface area contributed by atoms with Crippen LogP contribution in [0.5, 0.6) is 5.75 Å². The van der Waals surface area contributed by atoms with Crippen LogP contribution in [0.25, 0.3) is 0 Å². The number of hydrogen-bond donors (Lipinski definition) is 0. The summed E-state index contributed by atoms with van der Waals surface area (Å²) in [5.74, 6) is 0.280. The maximum absolute atomic E-state index is 14.0. The van der Waals surface area contributed by atoms with Gasteiger partial charge in [0.15, 0.2) is 0 Å². The number of ether oxygens (including phenoxy) is 1. The lowest BCUT2D eigenvalue weighted by Crippen LogP contribution is -2.49. The Morgan fingerprint density at radius 2 is 2.21 bits per heavy atom. The number of carbonyl (C=O) groups is 1. The lowest BCUT2D eigenvalue weighted by atomic mass is 10.1. The van der Waals surface area contributed by atoms with Crippen molar-refractivity contribution < 1.29 is 13.9 Å². The zero-order chi connectivity index (χ0) is 13.4. The molecule has 3 nitrogen and oxygen atoms in total. The third-order valence-electron chi connectivity index (χ3n) is 3.78. The third-order valence-corrected chi connectivity index (χ3v) is 4.59. The molecule has 19 heavy (non-hydrogen) atoms. The van der Waals surface area contributed by atoms with Crippen LogP contribution < -0.4 is 4.74 Å². The number of fused-ring (bicyclic) bond motifs is 1. The molecular weight excluding hydrogens is 265 g/mol. The van der Waals surface area contributed by atoms with Crippen molar-refractivity contribution in [3.05, 3.63) is 29.1 Å². The van der Waals surface area contributed by atoms with Gasteiger partial charge in [-0.15, -0.1) is 0 Å². The molecule has 1 aromatic carbocycles. The van der Waals surface area contributed by atoms with Crippen LogP contribution in [0.3, 0.4) is 0 Å². The molecular formula is C14H16FNO2S. The molecule has 0 saturated carbocycles. The standard InChI is InChI=1S/C14H16FNO2S/c1-19-16-6-12(7-16)18-11-4-10-2-9(8-17)3-13(10)14(15)5-11/h4-5,8-9,12H,2-3,6-7H2,1H3. The summed E-state index contributed by atoms with van der Waals surface area (Å²) < 4.78 is 21.9. The molecule has 0 radical (unpaired) electrons. The molecule has 1 saturated heterocycles. The smallest absolute Gasteiger partial charge is 0.130 e. The van der Waals surface area contributed by atoms with Crippen molar-refractivity contribution >= 4 is 18.2 Å². The van der Waals surface area contributed by atoms with Crippen molar-refractivity contribution in [1.29, 1.82) is 0 Å². The molecule has 5 heteroatoms. The van der Waals surface area contributed by atoms with Crippen molar-refractivity contribution in [3.63, 3.8) is 0 Å². The first kappa shape index (κ1) is 12.9. The Bertz CT molecular complexity index is 502. The molecule has 1 fully saturated rings. The number of aldehydes is 1. The Labute approximate surface area is 116 Å². The van der Waals surface area contributed by atoms with E-state index in [1.807, 2.05) is 12.3 Å². The van der Waals surface area contributed by atoms with Gasteiger partial charge in [-0.3, -0.25) is 0 Å². The number of benzene rings is 1. The molecule has 0 amide bonds. The highest BCUT2D eigenvalue weighted by atomic mass is 32.2. The Morgan fingerprint density at radius 1 is 1.42 bits per heavy atom. The summed E-state index contributed by atoms with van der Waals surface area (Å²) in [7, 11) is 0. The second-order valence-electron chi connectivity index (χ2n) is 5.12. The van der Waals surface area contributed by atoms with Crippen LogP contribution in [-0.4, -0.2) is 36.0 Å². The molecule has 3 rings (SSSR count). The van der Waals surface area contributed by atoms with E-state index in [0.717, 1.165) is 24.9 Å². The van der Waals surface area contributed by atoms with Crippen LogP contribution in [0.2, 0.25) is 0 Å². The first-order valence-corrected chi connectivity index (χ1v) is 7.60. The van der Waals surface area contributed by atoms with Crippen LogP contribution in [0.1, 0.15) is 11.1 Å². The van der Waals surface area contributed by atoms with Crippen molar-refractivity contribution in [2.45, 2.75) is 18.9 Å². The van der Waals surface area contributed by atoms with Gasteiger partial charge in [-0.25, -0.2) is 8.70 Å². The highest BCUT2D eigenvalue weighted by Crippen LogP contribution is 2.32. The molecule has 0 bridgehead atoms. The largest absolute Gasteiger partial charge is 0.488 e. The zero-order valence-electron chi connectivity index (χ0n) is 10.8. The predicted molar refractivity (Wildman–Crippen MR) is 72.9 cm³/mol. The van der Waals surface area contributed by atoms with Crippen LogP contribution in [0, 0.1) is 11.7 Å². The molecule has 0 N–H and O–H groups in total. The molecule has 0 aromatic heterocycles. The molecule has 1 atom stereocenters. The van der Waals surface area contributed by atoms with E-state index in [9.17, 15) is 9.18 Å². The molecule has 1 aliphatic carbocycles. The van der Waals surface area contributed by atoms with Crippen molar-refractivity contribution in [2.24, 2.45) is 5.92 Å². The zero-order valence-corrected chi connectivity index (χ0v) is 11.6. The molecule has 2 aliphatic rings. The second kappa shape index (κ2) is 5.13. The van der Waals surface area contributed by atoms with Crippen LogP contribution in [0.4, 0.5) is 4.39 Å². The van der Waals surface area contributed by atoms with Gasteiger partial charge in [0.25, 0.3) is 0 Å². The van der Waals surface area contributed by atoms with E-state index in [1.54, 1.807) is 11.9 Å². The van der Waals surface area contributed by atoms with E-state index in [-0.39, 0.29) is 17.8 Å². The molecule has 1 heterocycles. The Hall–Kier alpha value is -1.07. The first-order valence-electron chi connectivity index (χ1n) is 6.42. The molecule has 0 spiro atoms. The Balaban J connectivity index is 1.71. The summed E-state index contributed by atoms with van der Waals surface area (Å²) in [5, 5.41) is 0.